The molecule has 21 heavy (non-hydrogen) atoms. The van der Waals surface area contributed by atoms with Gasteiger partial charge in [0.15, 0.2) is 11.6 Å². The summed E-state index contributed by atoms with van der Waals surface area (Å²) in [4.78, 5) is 2.05. The van der Waals surface area contributed by atoms with Crippen molar-refractivity contribution in [3.8, 4) is 0 Å². The van der Waals surface area contributed by atoms with Crippen LogP contribution in [-0.2, 0) is 6.54 Å². The average Bonchev–Trinajstić information content (AvgIpc) is 2.97. The molecule has 3 rings (SSSR count). The van der Waals surface area contributed by atoms with Crippen LogP contribution in [0.25, 0.3) is 10.9 Å². The molecule has 0 spiro atoms. The molecule has 0 saturated carbocycles. The summed E-state index contributed by atoms with van der Waals surface area (Å²) in [6.07, 6.45) is 2.25. The fraction of sp³-hybridized carbons (Fsp3) is 0.467. The third-order valence-electron chi connectivity index (χ3n) is 4.08. The van der Waals surface area contributed by atoms with Gasteiger partial charge in [0.25, 0.3) is 0 Å². The molecule has 0 radical (unpaired) electrons. The van der Waals surface area contributed by atoms with Gasteiger partial charge in [-0.1, -0.05) is 0 Å². The van der Waals surface area contributed by atoms with Gasteiger partial charge in [-0.05, 0) is 19.4 Å². The Bertz CT molecular complexity index is 681. The van der Waals surface area contributed by atoms with E-state index >= 15 is 0 Å². The third kappa shape index (κ3) is 2.65. The van der Waals surface area contributed by atoms with Crippen molar-refractivity contribution >= 4 is 10.9 Å². The van der Waals surface area contributed by atoms with Crippen LogP contribution in [0.15, 0.2) is 18.3 Å². The number of nitrogens with zero attached hydrogens (tertiary/aromatic N) is 2. The molecule has 1 aromatic heterocycles. The van der Waals surface area contributed by atoms with Crippen molar-refractivity contribution in [3.05, 3.63) is 35.8 Å². The van der Waals surface area contributed by atoms with Gasteiger partial charge in [-0.3, -0.25) is 4.90 Å². The SMILES string of the molecule is CC1(O)CCN(CCn2ccc3c(F)cc(F)c(F)c32)C1. The predicted octanol–water partition coefficient (Wildman–Crippen LogP) is 2.52. The highest BCUT2D eigenvalue weighted by molar-refractivity contribution is 5.81. The first-order chi connectivity index (χ1) is 9.87. The number of hydrogen-bond acceptors (Lipinski definition) is 2. The van der Waals surface area contributed by atoms with Crippen LogP contribution in [-0.4, -0.2) is 39.8 Å². The summed E-state index contributed by atoms with van der Waals surface area (Å²) in [7, 11) is 0. The lowest BCUT2D eigenvalue weighted by atomic mass is 10.1. The second-order valence-corrected chi connectivity index (χ2v) is 5.95. The summed E-state index contributed by atoms with van der Waals surface area (Å²) in [6.45, 7) is 4.11. The molecule has 1 aliphatic heterocycles. The van der Waals surface area contributed by atoms with Crippen LogP contribution in [0, 0.1) is 17.5 Å². The van der Waals surface area contributed by atoms with Gasteiger partial charge in [0.05, 0.1) is 11.1 Å². The number of aromatic nitrogens is 1. The number of benzene rings is 1. The largest absolute Gasteiger partial charge is 0.389 e. The van der Waals surface area contributed by atoms with Crippen molar-refractivity contribution in [2.45, 2.75) is 25.5 Å². The number of hydrogen-bond donors (Lipinski definition) is 1. The quantitative estimate of drug-likeness (QED) is 0.882. The molecular weight excluding hydrogens is 281 g/mol. The predicted molar refractivity (Wildman–Crippen MR) is 73.5 cm³/mol. The molecule has 0 bridgehead atoms. The van der Waals surface area contributed by atoms with Crippen LogP contribution >= 0.6 is 0 Å². The van der Waals surface area contributed by atoms with E-state index in [1.807, 2.05) is 0 Å². The Morgan fingerprint density at radius 1 is 1.24 bits per heavy atom. The van der Waals surface area contributed by atoms with Gasteiger partial charge >= 0.3 is 0 Å². The van der Waals surface area contributed by atoms with E-state index in [1.165, 1.54) is 10.6 Å². The molecule has 0 amide bonds. The van der Waals surface area contributed by atoms with Crippen LogP contribution in [0.4, 0.5) is 13.2 Å². The van der Waals surface area contributed by atoms with E-state index in [-0.39, 0.29) is 10.9 Å². The van der Waals surface area contributed by atoms with E-state index in [1.54, 1.807) is 13.1 Å². The molecule has 1 atom stereocenters. The molecule has 0 aliphatic carbocycles. The van der Waals surface area contributed by atoms with Crippen molar-refractivity contribution in [2.75, 3.05) is 19.6 Å². The van der Waals surface area contributed by atoms with Gasteiger partial charge in [0.2, 0.25) is 0 Å². The standard InChI is InChI=1S/C15H17F3N2O/c1-15(21)3-5-19(9-15)6-7-20-4-2-10-11(16)8-12(17)13(18)14(10)20/h2,4,8,21H,3,5-7,9H2,1H3. The van der Waals surface area contributed by atoms with Crippen molar-refractivity contribution in [3.63, 3.8) is 0 Å². The van der Waals surface area contributed by atoms with Crippen molar-refractivity contribution < 1.29 is 18.3 Å². The van der Waals surface area contributed by atoms with Crippen LogP contribution in [0.3, 0.4) is 0 Å². The van der Waals surface area contributed by atoms with E-state index in [2.05, 4.69) is 4.90 Å². The summed E-state index contributed by atoms with van der Waals surface area (Å²) in [5.74, 6) is -2.96. The summed E-state index contributed by atoms with van der Waals surface area (Å²) in [6, 6.07) is 2.02. The van der Waals surface area contributed by atoms with Gasteiger partial charge in [0, 0.05) is 43.8 Å². The maximum atomic E-state index is 13.9. The molecule has 2 heterocycles. The van der Waals surface area contributed by atoms with Crippen molar-refractivity contribution in [1.29, 1.82) is 0 Å². The molecule has 1 aliphatic rings. The second-order valence-electron chi connectivity index (χ2n) is 5.95. The minimum atomic E-state index is -1.18. The van der Waals surface area contributed by atoms with Gasteiger partial charge in [0.1, 0.15) is 5.82 Å². The van der Waals surface area contributed by atoms with Crippen LogP contribution in [0.5, 0.6) is 0 Å². The lowest BCUT2D eigenvalue weighted by molar-refractivity contribution is 0.0684. The zero-order valence-electron chi connectivity index (χ0n) is 11.7. The smallest absolute Gasteiger partial charge is 0.183 e. The molecule has 2 aromatic rings. The number of likely N-dealkylation sites (tertiary alicyclic amines) is 1. The number of β-amino-alcohol motifs (C(OH)–C–C–N with tert-alkyl or cyclic N) is 1. The van der Waals surface area contributed by atoms with Crippen LogP contribution in [0.2, 0.25) is 0 Å². The molecule has 1 unspecified atom stereocenters. The van der Waals surface area contributed by atoms with Gasteiger partial charge in [-0.2, -0.15) is 0 Å². The highest BCUT2D eigenvalue weighted by atomic mass is 19.2. The lowest BCUT2D eigenvalue weighted by Crippen LogP contribution is -2.31. The van der Waals surface area contributed by atoms with Gasteiger partial charge < -0.3 is 9.67 Å². The van der Waals surface area contributed by atoms with Crippen molar-refractivity contribution in [1.82, 2.24) is 9.47 Å². The Balaban J connectivity index is 1.82. The first kappa shape index (κ1) is 14.4. The Morgan fingerprint density at radius 3 is 2.67 bits per heavy atom. The highest BCUT2D eigenvalue weighted by Crippen LogP contribution is 2.25. The number of rotatable bonds is 3. The number of halogens is 3. The third-order valence-corrected chi connectivity index (χ3v) is 4.08. The molecular formula is C15H17F3N2O. The maximum Gasteiger partial charge on any atom is 0.183 e. The maximum absolute atomic E-state index is 13.9. The van der Waals surface area contributed by atoms with Crippen LogP contribution in [0.1, 0.15) is 13.3 Å². The van der Waals surface area contributed by atoms with E-state index in [0.717, 1.165) is 6.54 Å². The summed E-state index contributed by atoms with van der Waals surface area (Å²) >= 11 is 0. The van der Waals surface area contributed by atoms with E-state index in [4.69, 9.17) is 0 Å². The molecule has 114 valence electrons. The topological polar surface area (TPSA) is 28.4 Å². The monoisotopic (exact) mass is 298 g/mol. The van der Waals surface area contributed by atoms with E-state index in [9.17, 15) is 18.3 Å². The Kier molecular flexibility index (Phi) is 3.45. The molecule has 1 fully saturated rings. The Morgan fingerprint density at radius 2 is 2.00 bits per heavy atom. The van der Waals surface area contributed by atoms with E-state index in [0.29, 0.717) is 32.1 Å². The first-order valence-corrected chi connectivity index (χ1v) is 6.94. The lowest BCUT2D eigenvalue weighted by Gasteiger charge is -2.19. The molecule has 1 N–H and O–H groups in total. The zero-order valence-corrected chi connectivity index (χ0v) is 11.7. The number of aliphatic hydroxyl groups is 1. The first-order valence-electron chi connectivity index (χ1n) is 6.94. The van der Waals surface area contributed by atoms with Gasteiger partial charge in [-0.15, -0.1) is 0 Å². The number of fused-ring (bicyclic) bond motifs is 1. The average molecular weight is 298 g/mol. The second kappa shape index (κ2) is 5.03. The van der Waals surface area contributed by atoms with E-state index < -0.39 is 23.1 Å². The van der Waals surface area contributed by atoms with Gasteiger partial charge in [-0.25, -0.2) is 13.2 Å². The summed E-state index contributed by atoms with van der Waals surface area (Å²) in [5, 5.41) is 9.99. The Labute approximate surface area is 120 Å². The minimum Gasteiger partial charge on any atom is -0.389 e. The molecule has 1 aromatic carbocycles. The van der Waals surface area contributed by atoms with Crippen LogP contribution < -0.4 is 0 Å². The fourth-order valence-corrected chi connectivity index (χ4v) is 2.94. The molecule has 1 saturated heterocycles. The molecule has 3 nitrogen and oxygen atoms in total. The Hall–Kier alpha value is -1.53. The fourth-order valence-electron chi connectivity index (χ4n) is 2.94. The summed E-state index contributed by atoms with van der Waals surface area (Å²) < 4.78 is 42.4. The highest BCUT2D eigenvalue weighted by Gasteiger charge is 2.30. The molecule has 6 heteroatoms. The normalized spacial score (nSPS) is 23.3. The summed E-state index contributed by atoms with van der Waals surface area (Å²) in [5.41, 5.74) is -0.735. The van der Waals surface area contributed by atoms with Crippen molar-refractivity contribution in [2.24, 2.45) is 0 Å². The zero-order chi connectivity index (χ0) is 15.2. The minimum absolute atomic E-state index is 0.0431.